The molecule has 0 saturated carbocycles. The predicted molar refractivity (Wildman–Crippen MR) is 62.8 cm³/mol. The van der Waals surface area contributed by atoms with Crippen LogP contribution in [0.25, 0.3) is 0 Å². The van der Waals surface area contributed by atoms with E-state index in [2.05, 4.69) is 20.0 Å². The first-order valence-corrected chi connectivity index (χ1v) is 8.43. The Kier molecular flexibility index (Phi) is 4.14. The topological polar surface area (TPSA) is 39.4 Å². The van der Waals surface area contributed by atoms with Gasteiger partial charge in [-0.1, -0.05) is 19.8 Å². The van der Waals surface area contributed by atoms with Gasteiger partial charge in [0.15, 0.2) is 5.75 Å². The number of rotatable bonds is 5. The number of unbranched alkanes of at least 4 members (excludes halogenated alkanes) is 1. The lowest BCUT2D eigenvalue weighted by Gasteiger charge is -2.22. The van der Waals surface area contributed by atoms with Gasteiger partial charge in [-0.15, -0.1) is 0 Å². The van der Waals surface area contributed by atoms with Crippen molar-refractivity contribution in [1.82, 2.24) is 0 Å². The van der Waals surface area contributed by atoms with Crippen molar-refractivity contribution in [3.8, 4) is 5.75 Å². The summed E-state index contributed by atoms with van der Waals surface area (Å²) in [6, 6.07) is 4.42. The van der Waals surface area contributed by atoms with Crippen LogP contribution in [0, 0.1) is 0 Å². The highest BCUT2D eigenvalue weighted by Crippen LogP contribution is 2.17. The standard InChI is InChI=1S/C11H18O3Si/c1-4-5-9-15(2,3)14-10-7-6-8-13-11(10)12/h6-8H,4-5,9H2,1-3H3. The Morgan fingerprint density at radius 1 is 1.47 bits per heavy atom. The average Bonchev–Trinajstić information content (AvgIpc) is 2.18. The van der Waals surface area contributed by atoms with Crippen molar-refractivity contribution >= 4 is 8.32 Å². The monoisotopic (exact) mass is 226 g/mol. The molecule has 0 amide bonds. The van der Waals surface area contributed by atoms with E-state index in [1.807, 2.05) is 0 Å². The van der Waals surface area contributed by atoms with Gasteiger partial charge in [0.2, 0.25) is 8.32 Å². The summed E-state index contributed by atoms with van der Waals surface area (Å²) in [6.07, 6.45) is 3.68. The van der Waals surface area contributed by atoms with E-state index in [9.17, 15) is 4.79 Å². The van der Waals surface area contributed by atoms with E-state index in [-0.39, 0.29) is 5.63 Å². The summed E-state index contributed by atoms with van der Waals surface area (Å²) >= 11 is 0. The SMILES string of the molecule is CCCC[Si](C)(C)Oc1cccoc1=O. The Morgan fingerprint density at radius 3 is 2.80 bits per heavy atom. The fraction of sp³-hybridized carbons (Fsp3) is 0.545. The van der Waals surface area contributed by atoms with E-state index < -0.39 is 8.32 Å². The zero-order valence-electron chi connectivity index (χ0n) is 9.58. The molecule has 1 aromatic rings. The van der Waals surface area contributed by atoms with Crippen molar-refractivity contribution in [3.63, 3.8) is 0 Å². The maximum Gasteiger partial charge on any atom is 0.377 e. The normalized spacial score (nSPS) is 11.4. The molecule has 0 N–H and O–H groups in total. The Morgan fingerprint density at radius 2 is 2.20 bits per heavy atom. The van der Waals surface area contributed by atoms with Crippen LogP contribution in [0.1, 0.15) is 19.8 Å². The van der Waals surface area contributed by atoms with Crippen molar-refractivity contribution in [1.29, 1.82) is 0 Å². The van der Waals surface area contributed by atoms with Crippen LogP contribution >= 0.6 is 0 Å². The van der Waals surface area contributed by atoms with Gasteiger partial charge >= 0.3 is 5.63 Å². The van der Waals surface area contributed by atoms with Gasteiger partial charge in [-0.05, 0) is 31.3 Å². The minimum atomic E-state index is -1.76. The molecule has 0 aromatic carbocycles. The molecule has 0 unspecified atom stereocenters. The van der Waals surface area contributed by atoms with E-state index in [0.29, 0.717) is 5.75 Å². The molecular formula is C11H18O3Si. The predicted octanol–water partition coefficient (Wildman–Crippen LogP) is 3.02. The first kappa shape index (κ1) is 12.0. The molecule has 0 fully saturated rings. The van der Waals surface area contributed by atoms with Gasteiger partial charge < -0.3 is 8.84 Å². The van der Waals surface area contributed by atoms with Gasteiger partial charge in [-0.25, -0.2) is 4.79 Å². The summed E-state index contributed by atoms with van der Waals surface area (Å²) < 4.78 is 10.5. The van der Waals surface area contributed by atoms with Crippen molar-refractivity contribution in [2.75, 3.05) is 0 Å². The van der Waals surface area contributed by atoms with E-state index in [0.717, 1.165) is 18.9 Å². The fourth-order valence-electron chi connectivity index (χ4n) is 1.38. The summed E-state index contributed by atoms with van der Waals surface area (Å²) in [4.78, 5) is 11.3. The molecule has 0 atom stereocenters. The molecule has 1 heterocycles. The van der Waals surface area contributed by atoms with Crippen LogP contribution < -0.4 is 10.1 Å². The van der Waals surface area contributed by atoms with Gasteiger partial charge in [0, 0.05) is 0 Å². The third-order valence-electron chi connectivity index (χ3n) is 2.22. The van der Waals surface area contributed by atoms with Crippen molar-refractivity contribution in [2.45, 2.75) is 38.9 Å². The average molecular weight is 226 g/mol. The quantitative estimate of drug-likeness (QED) is 0.724. The molecule has 0 aliphatic heterocycles. The molecule has 0 saturated heterocycles. The highest BCUT2D eigenvalue weighted by Gasteiger charge is 2.24. The highest BCUT2D eigenvalue weighted by molar-refractivity contribution is 6.71. The largest absolute Gasteiger partial charge is 0.539 e. The third kappa shape index (κ3) is 3.91. The Hall–Kier alpha value is -1.03. The lowest BCUT2D eigenvalue weighted by molar-refractivity contribution is 0.450. The van der Waals surface area contributed by atoms with E-state index in [1.165, 1.54) is 6.26 Å². The lowest BCUT2D eigenvalue weighted by Crippen LogP contribution is -2.35. The summed E-state index contributed by atoms with van der Waals surface area (Å²) in [7, 11) is -1.76. The summed E-state index contributed by atoms with van der Waals surface area (Å²) in [5.74, 6) is 0.352. The molecule has 0 bridgehead atoms. The highest BCUT2D eigenvalue weighted by atomic mass is 28.4. The summed E-state index contributed by atoms with van der Waals surface area (Å²) in [6.45, 7) is 6.39. The van der Waals surface area contributed by atoms with E-state index in [4.69, 9.17) is 8.84 Å². The molecule has 0 radical (unpaired) electrons. The zero-order chi connectivity index (χ0) is 11.3. The van der Waals surface area contributed by atoms with Crippen LogP contribution in [0.15, 0.2) is 27.6 Å². The van der Waals surface area contributed by atoms with Crippen LogP contribution in [-0.2, 0) is 0 Å². The smallest absolute Gasteiger partial charge is 0.377 e. The van der Waals surface area contributed by atoms with Crippen LogP contribution in [0.2, 0.25) is 19.1 Å². The van der Waals surface area contributed by atoms with E-state index >= 15 is 0 Å². The molecule has 3 nitrogen and oxygen atoms in total. The molecule has 1 aromatic heterocycles. The van der Waals surface area contributed by atoms with Gasteiger partial charge in [0.05, 0.1) is 6.26 Å². The first-order valence-electron chi connectivity index (χ1n) is 5.32. The molecule has 4 heteroatoms. The number of hydrogen-bond acceptors (Lipinski definition) is 3. The van der Waals surface area contributed by atoms with Crippen LogP contribution in [-0.4, -0.2) is 8.32 Å². The second-order valence-electron chi connectivity index (χ2n) is 4.23. The molecule has 84 valence electrons. The number of hydrogen-bond donors (Lipinski definition) is 0. The minimum absolute atomic E-state index is 0.352. The Bertz CT molecular complexity index is 357. The van der Waals surface area contributed by atoms with Gasteiger partial charge in [-0.3, -0.25) is 0 Å². The first-order chi connectivity index (χ1) is 7.05. The summed E-state index contributed by atoms with van der Waals surface area (Å²) in [5, 5.41) is 0. The molecule has 1 rings (SSSR count). The minimum Gasteiger partial charge on any atom is -0.539 e. The van der Waals surface area contributed by atoms with Gasteiger partial charge in [0.25, 0.3) is 0 Å². The Labute approximate surface area is 91.2 Å². The van der Waals surface area contributed by atoms with Crippen LogP contribution in [0.3, 0.4) is 0 Å². The van der Waals surface area contributed by atoms with E-state index in [1.54, 1.807) is 12.1 Å². The van der Waals surface area contributed by atoms with Crippen molar-refractivity contribution in [2.24, 2.45) is 0 Å². The molecule has 0 aliphatic carbocycles. The second kappa shape index (κ2) is 5.16. The second-order valence-corrected chi connectivity index (χ2v) is 8.45. The molecule has 0 aliphatic rings. The summed E-state index contributed by atoms with van der Waals surface area (Å²) in [5.41, 5.74) is -0.380. The maximum atomic E-state index is 11.3. The fourth-order valence-corrected chi connectivity index (χ4v) is 3.43. The van der Waals surface area contributed by atoms with Gasteiger partial charge in [0.1, 0.15) is 0 Å². The molecule has 0 spiro atoms. The van der Waals surface area contributed by atoms with Crippen molar-refractivity contribution < 1.29 is 8.84 Å². The molecular weight excluding hydrogens is 208 g/mol. The third-order valence-corrected chi connectivity index (χ3v) is 4.55. The van der Waals surface area contributed by atoms with Gasteiger partial charge in [-0.2, -0.15) is 0 Å². The maximum absolute atomic E-state index is 11.3. The molecule has 15 heavy (non-hydrogen) atoms. The van der Waals surface area contributed by atoms with Crippen LogP contribution in [0.5, 0.6) is 5.75 Å². The lowest BCUT2D eigenvalue weighted by atomic mass is 10.4. The Balaban J connectivity index is 2.68. The zero-order valence-corrected chi connectivity index (χ0v) is 10.6. The van der Waals surface area contributed by atoms with Crippen LogP contribution in [0.4, 0.5) is 0 Å². The van der Waals surface area contributed by atoms with Crippen molar-refractivity contribution in [3.05, 3.63) is 28.8 Å².